The quantitative estimate of drug-likeness (QED) is 0.718. The van der Waals surface area contributed by atoms with Crippen molar-refractivity contribution < 1.29 is 19.1 Å². The molecule has 2 aromatic heterocycles. The molecule has 112 valence electrons. The highest BCUT2D eigenvalue weighted by Gasteiger charge is 2.11. The molecule has 0 aromatic carbocycles. The van der Waals surface area contributed by atoms with E-state index in [1.54, 1.807) is 23.0 Å². The summed E-state index contributed by atoms with van der Waals surface area (Å²) in [7, 11) is 0. The van der Waals surface area contributed by atoms with Crippen LogP contribution in [0.1, 0.15) is 35.6 Å². The highest BCUT2D eigenvalue weighted by molar-refractivity contribution is 5.91. The smallest absolute Gasteiger partial charge is 0.303 e. The molecule has 0 aliphatic rings. The normalized spacial score (nSPS) is 10.5. The lowest BCUT2D eigenvalue weighted by molar-refractivity contribution is -0.137. The number of unbranched alkanes of at least 4 members (excludes halogenated alkanes) is 1. The van der Waals surface area contributed by atoms with Crippen LogP contribution in [0.5, 0.6) is 0 Å². The lowest BCUT2D eigenvalue weighted by Gasteiger charge is -2.02. The summed E-state index contributed by atoms with van der Waals surface area (Å²) in [6.07, 6.45) is 4.76. The largest absolute Gasteiger partial charge is 0.481 e. The van der Waals surface area contributed by atoms with Gasteiger partial charge in [0, 0.05) is 25.4 Å². The minimum absolute atomic E-state index is 0.116. The Hall–Kier alpha value is -2.57. The molecule has 0 bridgehead atoms. The monoisotopic (exact) mass is 291 g/mol. The summed E-state index contributed by atoms with van der Waals surface area (Å²) < 4.78 is 7.15. The number of hydrogen-bond acceptors (Lipinski definition) is 4. The standard InChI is InChI=1S/C14H17N3O4/c18-13(19)4-1-2-7-15-14(20)12-6-5-11(21-12)10-17-9-3-8-16-17/h3,5-6,8-9H,1-2,4,7,10H2,(H,15,20)(H,18,19). The van der Waals surface area contributed by atoms with E-state index < -0.39 is 5.97 Å². The van der Waals surface area contributed by atoms with Crippen LogP contribution in [-0.4, -0.2) is 33.3 Å². The number of aliphatic carboxylic acids is 1. The van der Waals surface area contributed by atoms with Crippen molar-refractivity contribution in [1.29, 1.82) is 0 Å². The topological polar surface area (TPSA) is 97.4 Å². The molecule has 7 heteroatoms. The highest BCUT2D eigenvalue weighted by Crippen LogP contribution is 2.09. The van der Waals surface area contributed by atoms with Gasteiger partial charge in [-0.25, -0.2) is 0 Å². The molecule has 7 nitrogen and oxygen atoms in total. The van der Waals surface area contributed by atoms with Gasteiger partial charge >= 0.3 is 5.97 Å². The molecule has 0 saturated heterocycles. The van der Waals surface area contributed by atoms with Crippen molar-refractivity contribution in [3.63, 3.8) is 0 Å². The number of nitrogens with one attached hydrogen (secondary N) is 1. The second-order valence-corrected chi connectivity index (χ2v) is 4.58. The van der Waals surface area contributed by atoms with Crippen molar-refractivity contribution in [3.05, 3.63) is 42.1 Å². The minimum atomic E-state index is -0.823. The molecule has 21 heavy (non-hydrogen) atoms. The molecular weight excluding hydrogens is 274 g/mol. The molecule has 0 saturated carbocycles. The van der Waals surface area contributed by atoms with Gasteiger partial charge < -0.3 is 14.8 Å². The van der Waals surface area contributed by atoms with Crippen LogP contribution in [0.2, 0.25) is 0 Å². The summed E-state index contributed by atoms with van der Waals surface area (Å²) in [5.74, 6) is -0.224. The average molecular weight is 291 g/mol. The highest BCUT2D eigenvalue weighted by atomic mass is 16.4. The number of nitrogens with zero attached hydrogens (tertiary/aromatic N) is 2. The summed E-state index contributed by atoms with van der Waals surface area (Å²) in [5.41, 5.74) is 0. The van der Waals surface area contributed by atoms with E-state index in [-0.39, 0.29) is 18.1 Å². The van der Waals surface area contributed by atoms with Crippen LogP contribution in [0.4, 0.5) is 0 Å². The second kappa shape index (κ2) is 7.28. The predicted octanol–water partition coefficient (Wildman–Crippen LogP) is 1.51. The van der Waals surface area contributed by atoms with Crippen LogP contribution in [0, 0.1) is 0 Å². The zero-order chi connectivity index (χ0) is 15.1. The molecule has 0 unspecified atom stereocenters. The Balaban J connectivity index is 1.75. The van der Waals surface area contributed by atoms with Crippen LogP contribution in [-0.2, 0) is 11.3 Å². The van der Waals surface area contributed by atoms with Gasteiger partial charge in [0.25, 0.3) is 5.91 Å². The van der Waals surface area contributed by atoms with E-state index in [4.69, 9.17) is 9.52 Å². The number of carbonyl (C=O) groups is 2. The fourth-order valence-corrected chi connectivity index (χ4v) is 1.83. The minimum Gasteiger partial charge on any atom is -0.481 e. The van der Waals surface area contributed by atoms with E-state index in [2.05, 4.69) is 10.4 Å². The van der Waals surface area contributed by atoms with Gasteiger partial charge in [-0.2, -0.15) is 5.10 Å². The van der Waals surface area contributed by atoms with Gasteiger partial charge in [-0.15, -0.1) is 0 Å². The van der Waals surface area contributed by atoms with E-state index in [1.165, 1.54) is 0 Å². The van der Waals surface area contributed by atoms with Gasteiger partial charge in [-0.05, 0) is 31.0 Å². The number of hydrogen-bond donors (Lipinski definition) is 2. The molecule has 0 aliphatic heterocycles. The maximum Gasteiger partial charge on any atom is 0.303 e. The maximum absolute atomic E-state index is 11.8. The zero-order valence-corrected chi connectivity index (χ0v) is 11.5. The van der Waals surface area contributed by atoms with Gasteiger partial charge in [-0.1, -0.05) is 0 Å². The van der Waals surface area contributed by atoms with Crippen LogP contribution in [0.3, 0.4) is 0 Å². The van der Waals surface area contributed by atoms with Crippen LogP contribution < -0.4 is 5.32 Å². The predicted molar refractivity (Wildman–Crippen MR) is 73.9 cm³/mol. The zero-order valence-electron chi connectivity index (χ0n) is 11.5. The Kier molecular flexibility index (Phi) is 5.14. The van der Waals surface area contributed by atoms with Gasteiger partial charge in [0.2, 0.25) is 0 Å². The number of carboxylic acids is 1. The first-order chi connectivity index (χ1) is 10.1. The fraction of sp³-hybridized carbons (Fsp3) is 0.357. The Bertz CT molecular complexity index is 589. The third-order valence-corrected chi connectivity index (χ3v) is 2.87. The number of amides is 1. The van der Waals surface area contributed by atoms with Gasteiger partial charge in [0.1, 0.15) is 5.76 Å². The lowest BCUT2D eigenvalue weighted by atomic mass is 10.2. The van der Waals surface area contributed by atoms with Gasteiger partial charge in [0.05, 0.1) is 6.54 Å². The molecule has 0 atom stereocenters. The Morgan fingerprint density at radius 1 is 1.33 bits per heavy atom. The van der Waals surface area contributed by atoms with E-state index in [0.717, 1.165) is 0 Å². The van der Waals surface area contributed by atoms with Crippen molar-refractivity contribution >= 4 is 11.9 Å². The summed E-state index contributed by atoms with van der Waals surface area (Å²) >= 11 is 0. The molecule has 0 fully saturated rings. The third-order valence-electron chi connectivity index (χ3n) is 2.87. The molecule has 2 N–H and O–H groups in total. The van der Waals surface area contributed by atoms with Crippen molar-refractivity contribution in [2.75, 3.05) is 6.54 Å². The number of aromatic nitrogens is 2. The molecule has 2 heterocycles. The molecule has 0 spiro atoms. The second-order valence-electron chi connectivity index (χ2n) is 4.58. The Morgan fingerprint density at radius 3 is 2.90 bits per heavy atom. The molecule has 2 rings (SSSR count). The van der Waals surface area contributed by atoms with Crippen LogP contribution >= 0.6 is 0 Å². The third kappa shape index (κ3) is 4.79. The first kappa shape index (κ1) is 14.8. The van der Waals surface area contributed by atoms with Crippen molar-refractivity contribution in [2.24, 2.45) is 0 Å². The number of carbonyl (C=O) groups excluding carboxylic acids is 1. The molecular formula is C14H17N3O4. The molecule has 2 aromatic rings. The first-order valence-corrected chi connectivity index (χ1v) is 6.71. The van der Waals surface area contributed by atoms with Crippen molar-refractivity contribution in [1.82, 2.24) is 15.1 Å². The summed E-state index contributed by atoms with van der Waals surface area (Å²) in [5, 5.41) is 15.3. The fourth-order valence-electron chi connectivity index (χ4n) is 1.83. The van der Waals surface area contributed by atoms with Crippen LogP contribution in [0.25, 0.3) is 0 Å². The Labute approximate surface area is 121 Å². The summed E-state index contributed by atoms with van der Waals surface area (Å²) in [4.78, 5) is 22.2. The first-order valence-electron chi connectivity index (χ1n) is 6.71. The van der Waals surface area contributed by atoms with E-state index in [0.29, 0.717) is 31.7 Å². The average Bonchev–Trinajstić information content (AvgIpc) is 3.10. The number of furan rings is 1. The van der Waals surface area contributed by atoms with Gasteiger partial charge in [-0.3, -0.25) is 14.3 Å². The van der Waals surface area contributed by atoms with Crippen molar-refractivity contribution in [3.8, 4) is 0 Å². The number of rotatable bonds is 8. The maximum atomic E-state index is 11.8. The van der Waals surface area contributed by atoms with Crippen molar-refractivity contribution in [2.45, 2.75) is 25.8 Å². The van der Waals surface area contributed by atoms with Gasteiger partial charge in [0.15, 0.2) is 5.76 Å². The molecule has 0 radical (unpaired) electrons. The van der Waals surface area contributed by atoms with E-state index >= 15 is 0 Å². The number of carboxylic acid groups (broad SMARTS) is 1. The van der Waals surface area contributed by atoms with E-state index in [1.807, 2.05) is 12.3 Å². The molecule has 0 aliphatic carbocycles. The lowest BCUT2D eigenvalue weighted by Crippen LogP contribution is -2.24. The SMILES string of the molecule is O=C(O)CCCCNC(=O)c1ccc(Cn2cccn2)o1. The van der Waals surface area contributed by atoms with E-state index in [9.17, 15) is 9.59 Å². The Morgan fingerprint density at radius 2 is 2.19 bits per heavy atom. The summed E-state index contributed by atoms with van der Waals surface area (Å²) in [6.45, 7) is 0.903. The molecule has 1 amide bonds. The van der Waals surface area contributed by atoms with Crippen LogP contribution in [0.15, 0.2) is 35.0 Å². The summed E-state index contributed by atoms with van der Waals surface area (Å²) in [6, 6.07) is 5.17.